The number of carbonyl (C=O) groups is 1. The van der Waals surface area contributed by atoms with Gasteiger partial charge in [-0.3, -0.25) is 9.20 Å². The fraction of sp³-hybridized carbons (Fsp3) is 0.0833. The molecule has 0 unspecified atom stereocenters. The number of benzene rings is 3. The van der Waals surface area contributed by atoms with Crippen molar-refractivity contribution >= 4 is 39.9 Å². The Balaban J connectivity index is 1.51. The molecule has 5 rings (SSSR count). The van der Waals surface area contributed by atoms with E-state index in [1.807, 2.05) is 90.2 Å². The van der Waals surface area contributed by atoms with Crippen molar-refractivity contribution in [1.82, 2.24) is 19.6 Å². The number of para-hydroxylation sites is 2. The van der Waals surface area contributed by atoms with E-state index >= 15 is 0 Å². The van der Waals surface area contributed by atoms with Crippen LogP contribution in [-0.4, -0.2) is 31.2 Å². The van der Waals surface area contributed by atoms with Crippen LogP contribution in [0, 0.1) is 6.92 Å². The van der Waals surface area contributed by atoms with Crippen molar-refractivity contribution in [2.45, 2.75) is 12.1 Å². The minimum Gasteiger partial charge on any atom is -0.325 e. The zero-order valence-electron chi connectivity index (χ0n) is 16.8. The third kappa shape index (κ3) is 3.75. The Morgan fingerprint density at radius 1 is 0.935 bits per heavy atom. The Labute approximate surface area is 183 Å². The van der Waals surface area contributed by atoms with Crippen LogP contribution in [0.5, 0.6) is 0 Å². The second-order valence-corrected chi connectivity index (χ2v) is 8.05. The van der Waals surface area contributed by atoms with Crippen LogP contribution in [0.4, 0.5) is 5.69 Å². The summed E-state index contributed by atoms with van der Waals surface area (Å²) in [5.74, 6) is 0.878. The fourth-order valence-corrected chi connectivity index (χ4v) is 4.20. The lowest BCUT2D eigenvalue weighted by atomic mass is 10.2. The van der Waals surface area contributed by atoms with Crippen molar-refractivity contribution < 1.29 is 4.79 Å². The summed E-state index contributed by atoms with van der Waals surface area (Å²) in [5.41, 5.74) is 4.39. The Kier molecular flexibility index (Phi) is 5.09. The molecule has 0 aliphatic rings. The summed E-state index contributed by atoms with van der Waals surface area (Å²) < 4.78 is 1.93. The van der Waals surface area contributed by atoms with E-state index in [2.05, 4.69) is 15.5 Å². The van der Waals surface area contributed by atoms with Crippen LogP contribution in [0.3, 0.4) is 0 Å². The fourth-order valence-electron chi connectivity index (χ4n) is 3.46. The highest BCUT2D eigenvalue weighted by atomic mass is 32.2. The van der Waals surface area contributed by atoms with Gasteiger partial charge in [0.1, 0.15) is 5.82 Å². The molecule has 0 atom stereocenters. The van der Waals surface area contributed by atoms with Crippen molar-refractivity contribution in [3.8, 4) is 11.4 Å². The molecule has 7 heteroatoms. The molecule has 2 aromatic heterocycles. The molecule has 0 saturated carbocycles. The third-order valence-corrected chi connectivity index (χ3v) is 5.93. The van der Waals surface area contributed by atoms with Gasteiger partial charge in [-0.15, -0.1) is 10.2 Å². The number of aryl methyl sites for hydroxylation is 1. The number of hydrogen-bond acceptors (Lipinski definition) is 5. The molecular weight excluding hydrogens is 406 g/mol. The van der Waals surface area contributed by atoms with Crippen molar-refractivity contribution in [2.75, 3.05) is 11.1 Å². The van der Waals surface area contributed by atoms with Gasteiger partial charge in [-0.1, -0.05) is 72.4 Å². The highest BCUT2D eigenvalue weighted by molar-refractivity contribution is 7.99. The maximum Gasteiger partial charge on any atom is 0.234 e. The lowest BCUT2D eigenvalue weighted by molar-refractivity contribution is -0.113. The number of aromatic nitrogens is 4. The first-order valence-corrected chi connectivity index (χ1v) is 10.9. The van der Waals surface area contributed by atoms with Gasteiger partial charge in [0, 0.05) is 16.6 Å². The highest BCUT2D eigenvalue weighted by Crippen LogP contribution is 2.29. The lowest BCUT2D eigenvalue weighted by Gasteiger charge is -2.10. The van der Waals surface area contributed by atoms with E-state index < -0.39 is 0 Å². The van der Waals surface area contributed by atoms with Crippen molar-refractivity contribution in [2.24, 2.45) is 0 Å². The van der Waals surface area contributed by atoms with Gasteiger partial charge in [-0.25, -0.2) is 4.98 Å². The van der Waals surface area contributed by atoms with Gasteiger partial charge in [0.05, 0.1) is 11.3 Å². The number of nitrogens with one attached hydrogen (secondary N) is 1. The van der Waals surface area contributed by atoms with Gasteiger partial charge in [0.2, 0.25) is 5.91 Å². The molecule has 0 fully saturated rings. The summed E-state index contributed by atoms with van der Waals surface area (Å²) in [4.78, 5) is 17.4. The Bertz CT molecular complexity index is 1400. The molecule has 2 heterocycles. The minimum absolute atomic E-state index is 0.0916. The molecule has 0 radical (unpaired) electrons. The molecule has 0 aliphatic carbocycles. The van der Waals surface area contributed by atoms with Gasteiger partial charge >= 0.3 is 0 Å². The zero-order chi connectivity index (χ0) is 21.2. The second-order valence-electron chi connectivity index (χ2n) is 7.11. The summed E-state index contributed by atoms with van der Waals surface area (Å²) in [6.45, 7) is 1.97. The number of carbonyl (C=O) groups excluding carboxylic acids is 1. The molecule has 0 saturated heterocycles. The predicted octanol–water partition coefficient (Wildman–Crippen LogP) is 4.98. The number of hydrogen-bond donors (Lipinski definition) is 1. The molecule has 1 amide bonds. The smallest absolute Gasteiger partial charge is 0.234 e. The molecule has 31 heavy (non-hydrogen) atoms. The summed E-state index contributed by atoms with van der Waals surface area (Å²) in [7, 11) is 0. The Hall–Kier alpha value is -3.71. The van der Waals surface area contributed by atoms with E-state index in [4.69, 9.17) is 4.98 Å². The number of rotatable bonds is 5. The van der Waals surface area contributed by atoms with E-state index in [1.54, 1.807) is 0 Å². The summed E-state index contributed by atoms with van der Waals surface area (Å²) in [6, 6.07) is 25.5. The quantitative estimate of drug-likeness (QED) is 0.402. The Morgan fingerprint density at radius 2 is 1.68 bits per heavy atom. The first kappa shape index (κ1) is 19.3. The average Bonchev–Trinajstić information content (AvgIpc) is 3.24. The first-order chi connectivity index (χ1) is 15.2. The van der Waals surface area contributed by atoms with Crippen LogP contribution in [0.1, 0.15) is 5.56 Å². The first-order valence-electron chi connectivity index (χ1n) is 9.88. The molecule has 152 valence electrons. The SMILES string of the molecule is Cc1ccccc1NC(=O)CSc1nnc2c3ccccc3nc(-c3ccccc3)n12. The van der Waals surface area contributed by atoms with Crippen LogP contribution < -0.4 is 5.32 Å². The molecule has 3 aromatic carbocycles. The zero-order valence-corrected chi connectivity index (χ0v) is 17.6. The second kappa shape index (κ2) is 8.20. The molecular formula is C24H19N5OS. The van der Waals surface area contributed by atoms with Crippen molar-refractivity contribution in [3.63, 3.8) is 0 Å². The van der Waals surface area contributed by atoms with E-state index in [1.165, 1.54) is 11.8 Å². The van der Waals surface area contributed by atoms with Crippen LogP contribution in [0.25, 0.3) is 27.9 Å². The Morgan fingerprint density at radius 3 is 2.52 bits per heavy atom. The van der Waals surface area contributed by atoms with Crippen LogP contribution in [-0.2, 0) is 4.79 Å². The van der Waals surface area contributed by atoms with E-state index in [-0.39, 0.29) is 11.7 Å². The van der Waals surface area contributed by atoms with Crippen molar-refractivity contribution in [3.05, 3.63) is 84.4 Å². The third-order valence-electron chi connectivity index (χ3n) is 5.00. The highest BCUT2D eigenvalue weighted by Gasteiger charge is 2.17. The number of amides is 1. The van der Waals surface area contributed by atoms with E-state index in [0.717, 1.165) is 39.2 Å². The van der Waals surface area contributed by atoms with E-state index in [0.29, 0.717) is 5.16 Å². The number of thioether (sulfide) groups is 1. The maximum absolute atomic E-state index is 12.6. The lowest BCUT2D eigenvalue weighted by Crippen LogP contribution is -2.15. The van der Waals surface area contributed by atoms with Gasteiger partial charge in [-0.05, 0) is 30.7 Å². The molecule has 6 nitrogen and oxygen atoms in total. The van der Waals surface area contributed by atoms with Gasteiger partial charge in [0.15, 0.2) is 10.8 Å². The number of nitrogens with zero attached hydrogens (tertiary/aromatic N) is 4. The van der Waals surface area contributed by atoms with Gasteiger partial charge in [-0.2, -0.15) is 0 Å². The maximum atomic E-state index is 12.6. The average molecular weight is 426 g/mol. The summed E-state index contributed by atoms with van der Waals surface area (Å²) in [6.07, 6.45) is 0. The minimum atomic E-state index is -0.0916. The summed E-state index contributed by atoms with van der Waals surface area (Å²) in [5, 5.41) is 13.3. The topological polar surface area (TPSA) is 72.2 Å². The largest absolute Gasteiger partial charge is 0.325 e. The van der Waals surface area contributed by atoms with Gasteiger partial charge in [0.25, 0.3) is 0 Å². The normalized spacial score (nSPS) is 11.1. The number of fused-ring (bicyclic) bond motifs is 3. The van der Waals surface area contributed by atoms with E-state index in [9.17, 15) is 4.79 Å². The van der Waals surface area contributed by atoms with Crippen LogP contribution in [0.2, 0.25) is 0 Å². The monoisotopic (exact) mass is 425 g/mol. The molecule has 0 spiro atoms. The summed E-state index contributed by atoms with van der Waals surface area (Å²) >= 11 is 1.34. The molecule has 0 bridgehead atoms. The standard InChI is InChI=1S/C24H19N5OS/c1-16-9-5-7-13-19(16)25-21(30)15-31-24-28-27-23-18-12-6-8-14-20(18)26-22(29(23)24)17-10-3-2-4-11-17/h2-14H,15H2,1H3,(H,25,30). The van der Waals surface area contributed by atoms with Crippen LogP contribution >= 0.6 is 11.8 Å². The molecule has 1 N–H and O–H groups in total. The molecule has 5 aromatic rings. The predicted molar refractivity (Wildman–Crippen MR) is 124 cm³/mol. The molecule has 0 aliphatic heterocycles. The number of anilines is 1. The van der Waals surface area contributed by atoms with Crippen molar-refractivity contribution in [1.29, 1.82) is 0 Å². The van der Waals surface area contributed by atoms with Crippen LogP contribution in [0.15, 0.2) is 84.0 Å². The van der Waals surface area contributed by atoms with Gasteiger partial charge < -0.3 is 5.32 Å².